The van der Waals surface area contributed by atoms with E-state index < -0.39 is 141 Å². The number of nitrogens with zero attached hydrogens (tertiary/aromatic N) is 3. The van der Waals surface area contributed by atoms with Gasteiger partial charge in [-0.15, -0.1) is 0 Å². The summed E-state index contributed by atoms with van der Waals surface area (Å²) in [6.07, 6.45) is 8.07. The van der Waals surface area contributed by atoms with Gasteiger partial charge in [-0.3, -0.25) is 47.0 Å². The fourth-order valence-corrected chi connectivity index (χ4v) is 16.4. The number of aliphatic carboxylic acids is 1. The first-order valence-electron chi connectivity index (χ1n) is 36.2. The molecule has 4 heterocycles. The maximum atomic E-state index is 14.0. The zero-order valence-corrected chi connectivity index (χ0v) is 65.3. The number of rotatable bonds is 38. The number of nitrogens with one attached hydrogen (secondary N) is 4. The summed E-state index contributed by atoms with van der Waals surface area (Å²) in [5, 5.41) is 20.7. The van der Waals surface area contributed by atoms with Crippen molar-refractivity contribution in [3.05, 3.63) is 160 Å². The lowest BCUT2D eigenvalue weighted by Crippen LogP contribution is -2.50. The van der Waals surface area contributed by atoms with Crippen LogP contribution in [0.2, 0.25) is 0 Å². The number of hydrogen-bond donors (Lipinski definition) is 10. The Balaban J connectivity index is 0.791. The van der Waals surface area contributed by atoms with Crippen LogP contribution in [0.5, 0.6) is 5.75 Å². The molecule has 4 aromatic carbocycles. The number of carboxylic acid groups (broad SMARTS) is 1. The van der Waals surface area contributed by atoms with Crippen LogP contribution in [-0.2, 0) is 114 Å². The molecule has 0 saturated carbocycles. The molecule has 2 saturated heterocycles. The summed E-state index contributed by atoms with van der Waals surface area (Å²) in [5.41, 5.74) is 10.3. The molecule has 0 spiro atoms. The van der Waals surface area contributed by atoms with Crippen molar-refractivity contribution in [2.24, 2.45) is 11.7 Å². The molecule has 2 fully saturated rings. The van der Waals surface area contributed by atoms with Gasteiger partial charge in [-0.1, -0.05) is 56.3 Å². The number of benzene rings is 4. The maximum Gasteiger partial charge on any atom is 0.326 e. The minimum Gasteiger partial charge on any atom is -0.480 e. The molecular formula is C75H93F2N8O23S4+. The Morgan fingerprint density at radius 1 is 0.714 bits per heavy atom. The Kier molecular flexibility index (Phi) is 28.1. The van der Waals surface area contributed by atoms with E-state index in [0.29, 0.717) is 97.4 Å². The summed E-state index contributed by atoms with van der Waals surface area (Å²) >= 11 is 0. The van der Waals surface area contributed by atoms with Gasteiger partial charge in [0.15, 0.2) is 5.71 Å². The first-order chi connectivity index (χ1) is 52.5. The summed E-state index contributed by atoms with van der Waals surface area (Å²) in [7, 11) is -17.9. The molecule has 37 heteroatoms. The van der Waals surface area contributed by atoms with Crippen molar-refractivity contribution >= 4 is 99.0 Å². The van der Waals surface area contributed by atoms with E-state index in [0.717, 1.165) is 0 Å². The number of carbonyl (C=O) groups excluding carboxylic acids is 6. The second-order valence-corrected chi connectivity index (χ2v) is 35.2. The number of carbonyl (C=O) groups is 7. The molecule has 608 valence electrons. The number of amides is 6. The second-order valence-electron chi connectivity index (χ2n) is 29.2. The minimum atomic E-state index is -4.64. The number of alkyl halides is 2. The molecule has 5 aliphatic rings. The van der Waals surface area contributed by atoms with Crippen molar-refractivity contribution in [2.45, 2.75) is 162 Å². The largest absolute Gasteiger partial charge is 0.480 e. The van der Waals surface area contributed by atoms with Crippen molar-refractivity contribution in [3.63, 3.8) is 0 Å². The Hall–Kier alpha value is -9.18. The predicted octanol–water partition coefficient (Wildman–Crippen LogP) is 5.70. The van der Waals surface area contributed by atoms with Gasteiger partial charge in [-0.05, 0) is 147 Å². The molecule has 9 rings (SSSR count). The van der Waals surface area contributed by atoms with Gasteiger partial charge >= 0.3 is 5.97 Å². The molecule has 0 unspecified atom stereocenters. The van der Waals surface area contributed by atoms with Crippen LogP contribution in [0.3, 0.4) is 0 Å². The first-order valence-corrected chi connectivity index (χ1v) is 42.3. The Bertz CT molecular complexity index is 4910. The highest BCUT2D eigenvalue weighted by Crippen LogP contribution is 2.49. The van der Waals surface area contributed by atoms with Gasteiger partial charge in [0.2, 0.25) is 41.1 Å². The van der Waals surface area contributed by atoms with Crippen LogP contribution in [0, 0.1) is 5.92 Å². The smallest absolute Gasteiger partial charge is 0.326 e. The molecule has 4 aromatic rings. The molecule has 112 heavy (non-hydrogen) atoms. The number of hydrogen-bond acceptors (Lipinski definition) is 19. The molecule has 0 bridgehead atoms. The lowest BCUT2D eigenvalue weighted by molar-refractivity contribution is -0.438. The van der Waals surface area contributed by atoms with Crippen molar-refractivity contribution in [1.82, 2.24) is 26.2 Å². The molecule has 6 amide bonds. The quantitative estimate of drug-likeness (QED) is 0.0146. The first kappa shape index (κ1) is 86.8. The number of carboxylic acids is 1. The zero-order chi connectivity index (χ0) is 81.9. The third-order valence-electron chi connectivity index (χ3n) is 20.1. The third kappa shape index (κ3) is 23.3. The molecule has 1 aliphatic carbocycles. The SMILES string of the molecule is CC1(C)C(/C=C/C2=C(Oc3ccc(C[C@H](NC(=O)CCOCCOCCNC(=O)Cc4ccc(CNC(=O)C[C@@H]5C[C@@H](C(=O)N6CC(F)(F)C[C@H]6C(N)=O)NC5=O)cc4)C(=O)O)cc3)C(=C/C=C3/N(CCCCS(=O)(=O)O)c4ccc(S(=O)(=O)O)cc4C3(C)C)/CCC2)=[N+](CCCCS(=O)(=O)O)c2ccc(S(=O)(=O)O)cc21. The molecule has 11 N–H and O–H groups in total. The Labute approximate surface area is 648 Å². The lowest BCUT2D eigenvalue weighted by atomic mass is 9.81. The highest BCUT2D eigenvalue weighted by Gasteiger charge is 2.52. The van der Waals surface area contributed by atoms with E-state index >= 15 is 0 Å². The molecule has 0 radical (unpaired) electrons. The molecule has 0 aromatic heterocycles. The number of ether oxygens (including phenoxy) is 3. The van der Waals surface area contributed by atoms with Crippen molar-refractivity contribution in [2.75, 3.05) is 69.0 Å². The van der Waals surface area contributed by atoms with E-state index in [4.69, 9.17) is 19.9 Å². The second kappa shape index (κ2) is 36.3. The van der Waals surface area contributed by atoms with E-state index in [1.807, 2.05) is 61.5 Å². The Morgan fingerprint density at radius 3 is 1.98 bits per heavy atom. The standard InChI is InChI=1S/C75H92F2N8O23S4/c1-73(2)56-42-54(111(100,101)102)22-24-60(56)83(30-5-7-36-109(94,95)96)63(73)26-18-50-10-9-11-51(19-27-64-74(3,4)57-43-55(112(103,104)105)23-25-61(57)84(64)31-6-8-37-110(97,98)99)68(50)108-53-20-16-47(17-21-53)38-59(72(92)93)81-65(86)28-32-106-34-35-107-33-29-79-66(87)39-48-12-14-49(15-13-48)45-80-67(88)41-52-40-58(82-70(52)90)71(91)85-46-75(76,77)44-62(85)69(78)89/h12-27,42-43,52,58-59,62H,5-11,28-41,44-46H2,1-4H3,(H10-,78,79,80,81,82,86,87,88,89,90,92,93,94,95,96,97,98,99,100,101,102,103,104,105)/p+1/t52-,58-,59-,62-/m0/s1. The number of nitrogens with two attached hydrogens (primary N) is 1. The monoisotopic (exact) mass is 1640 g/mol. The van der Waals surface area contributed by atoms with Crippen LogP contribution in [0.25, 0.3) is 0 Å². The van der Waals surface area contributed by atoms with Gasteiger partial charge in [0, 0.05) is 92.2 Å². The van der Waals surface area contributed by atoms with Crippen molar-refractivity contribution in [3.8, 4) is 5.75 Å². The normalized spacial score (nSPS) is 19.8. The lowest BCUT2D eigenvalue weighted by Gasteiger charge is -2.27. The highest BCUT2D eigenvalue weighted by molar-refractivity contribution is 7.86. The van der Waals surface area contributed by atoms with Crippen LogP contribution >= 0.6 is 0 Å². The number of allylic oxidation sites excluding steroid dienone is 7. The van der Waals surface area contributed by atoms with Gasteiger partial charge in [0.25, 0.3) is 46.4 Å². The van der Waals surface area contributed by atoms with E-state index in [2.05, 4.69) is 21.3 Å². The van der Waals surface area contributed by atoms with Crippen LogP contribution in [0.4, 0.5) is 20.2 Å². The van der Waals surface area contributed by atoms with Crippen LogP contribution < -0.4 is 36.6 Å². The number of likely N-dealkylation sites (tertiary alicyclic amines) is 1. The average molecular weight is 1640 g/mol. The minimum absolute atomic E-state index is 0.0311. The van der Waals surface area contributed by atoms with E-state index in [9.17, 15) is 99.3 Å². The van der Waals surface area contributed by atoms with E-state index in [-0.39, 0.29) is 126 Å². The third-order valence-corrected chi connectivity index (χ3v) is 23.4. The van der Waals surface area contributed by atoms with Crippen LogP contribution in [-0.4, -0.2) is 202 Å². The number of unbranched alkanes of at least 4 members (excludes halogenated alkanes) is 2. The summed E-state index contributed by atoms with van der Waals surface area (Å²) in [6, 6.07) is 17.7. The fourth-order valence-electron chi connectivity index (χ4n) is 14.3. The number of anilines is 1. The molecule has 31 nitrogen and oxygen atoms in total. The average Bonchev–Trinajstić information content (AvgIpc) is 1.60. The molecule has 4 atom stereocenters. The summed E-state index contributed by atoms with van der Waals surface area (Å²) in [6.45, 7) is 7.42. The fraction of sp³-hybridized carbons (Fsp3) is 0.467. The van der Waals surface area contributed by atoms with Gasteiger partial charge in [0.1, 0.15) is 36.2 Å². The van der Waals surface area contributed by atoms with Gasteiger partial charge in [-0.2, -0.15) is 38.2 Å². The van der Waals surface area contributed by atoms with Crippen molar-refractivity contribution in [1.29, 1.82) is 0 Å². The van der Waals surface area contributed by atoms with E-state index in [1.54, 1.807) is 60.7 Å². The molecular weight excluding hydrogens is 1550 g/mol. The zero-order valence-electron chi connectivity index (χ0n) is 62.1. The summed E-state index contributed by atoms with van der Waals surface area (Å²) in [5.74, 6) is -9.76. The van der Waals surface area contributed by atoms with Crippen LogP contribution in [0.15, 0.2) is 142 Å². The van der Waals surface area contributed by atoms with Crippen molar-refractivity contribution < 1.29 is 118 Å². The Morgan fingerprint density at radius 2 is 1.34 bits per heavy atom. The highest BCUT2D eigenvalue weighted by atomic mass is 32.2. The van der Waals surface area contributed by atoms with Gasteiger partial charge < -0.3 is 56.1 Å². The van der Waals surface area contributed by atoms with Crippen LogP contribution in [0.1, 0.15) is 126 Å². The number of primary amides is 1. The number of fused-ring (bicyclic) bond motifs is 2. The van der Waals surface area contributed by atoms with Gasteiger partial charge in [0.05, 0.1) is 66.1 Å². The van der Waals surface area contributed by atoms with E-state index in [1.165, 1.54) is 24.3 Å². The number of halogens is 2. The topological polar surface area (TPSA) is 469 Å². The summed E-state index contributed by atoms with van der Waals surface area (Å²) in [4.78, 5) is 90.5. The maximum absolute atomic E-state index is 14.0. The van der Waals surface area contributed by atoms with Gasteiger partial charge in [-0.25, -0.2) is 13.6 Å². The summed E-state index contributed by atoms with van der Waals surface area (Å²) < 4.78 is 184. The molecule has 4 aliphatic heterocycles. The predicted molar refractivity (Wildman–Crippen MR) is 404 cm³/mol.